The molecule has 0 unspecified atom stereocenters. The molecule has 0 spiro atoms. The van der Waals surface area contributed by atoms with E-state index < -0.39 is 6.10 Å². The van der Waals surface area contributed by atoms with Crippen molar-refractivity contribution in [1.82, 2.24) is 4.98 Å². The van der Waals surface area contributed by atoms with Gasteiger partial charge in [0.05, 0.1) is 6.10 Å². The predicted octanol–water partition coefficient (Wildman–Crippen LogP) is 2.26. The normalized spacial score (nSPS) is 23.8. The van der Waals surface area contributed by atoms with Crippen molar-refractivity contribution in [1.29, 1.82) is 0 Å². The van der Waals surface area contributed by atoms with E-state index in [9.17, 15) is 9.90 Å². The number of Topliss-reactive ketones (excluding diaryl/α,β-unsaturated/α-hetero) is 1. The molecular weight excluding hydrogens is 202 g/mol. The largest absolute Gasteiger partial charge is 0.388 e. The molecule has 2 rings (SSSR count). The standard InChI is InChI=1S/C13H17NO2/c15-12-5-3-1-2-4-11(12)13(16)10-6-8-14-9-7-10/h6-9,11,13,16H,1-5H2/t11-,13-/m0/s1. The van der Waals surface area contributed by atoms with Crippen molar-refractivity contribution in [2.45, 2.75) is 38.2 Å². The van der Waals surface area contributed by atoms with Crippen LogP contribution in [0.15, 0.2) is 24.5 Å². The van der Waals surface area contributed by atoms with Crippen molar-refractivity contribution in [2.24, 2.45) is 5.92 Å². The smallest absolute Gasteiger partial charge is 0.138 e. The van der Waals surface area contributed by atoms with Crippen molar-refractivity contribution >= 4 is 5.78 Å². The number of aromatic nitrogens is 1. The number of nitrogens with zero attached hydrogens (tertiary/aromatic N) is 1. The molecule has 0 aliphatic heterocycles. The van der Waals surface area contributed by atoms with Crippen LogP contribution in [0.25, 0.3) is 0 Å². The Kier molecular flexibility index (Phi) is 3.67. The third-order valence-electron chi connectivity index (χ3n) is 3.28. The van der Waals surface area contributed by atoms with Gasteiger partial charge in [0.2, 0.25) is 0 Å². The number of aliphatic hydroxyl groups excluding tert-OH is 1. The maximum Gasteiger partial charge on any atom is 0.138 e. The van der Waals surface area contributed by atoms with Crippen molar-refractivity contribution in [2.75, 3.05) is 0 Å². The predicted molar refractivity (Wildman–Crippen MR) is 60.8 cm³/mol. The third kappa shape index (κ3) is 2.47. The zero-order chi connectivity index (χ0) is 11.4. The third-order valence-corrected chi connectivity index (χ3v) is 3.28. The second-order valence-electron chi connectivity index (χ2n) is 4.40. The summed E-state index contributed by atoms with van der Waals surface area (Å²) >= 11 is 0. The summed E-state index contributed by atoms with van der Waals surface area (Å²) in [6.45, 7) is 0. The summed E-state index contributed by atoms with van der Waals surface area (Å²) in [6, 6.07) is 3.56. The van der Waals surface area contributed by atoms with Crippen LogP contribution in [-0.2, 0) is 4.79 Å². The summed E-state index contributed by atoms with van der Waals surface area (Å²) < 4.78 is 0. The van der Waals surface area contributed by atoms with Crippen molar-refractivity contribution in [3.63, 3.8) is 0 Å². The molecule has 1 aromatic heterocycles. The van der Waals surface area contributed by atoms with Crippen LogP contribution in [0.5, 0.6) is 0 Å². The Labute approximate surface area is 95.5 Å². The molecule has 86 valence electrons. The fourth-order valence-electron chi connectivity index (χ4n) is 2.31. The van der Waals surface area contributed by atoms with Gasteiger partial charge in [0.15, 0.2) is 0 Å². The first-order chi connectivity index (χ1) is 7.79. The molecule has 0 saturated heterocycles. The average Bonchev–Trinajstić information content (AvgIpc) is 2.54. The van der Waals surface area contributed by atoms with Gasteiger partial charge in [-0.15, -0.1) is 0 Å². The van der Waals surface area contributed by atoms with Gasteiger partial charge >= 0.3 is 0 Å². The molecule has 3 heteroatoms. The molecule has 16 heavy (non-hydrogen) atoms. The highest BCUT2D eigenvalue weighted by Gasteiger charge is 2.28. The van der Waals surface area contributed by atoms with Crippen LogP contribution < -0.4 is 0 Å². The topological polar surface area (TPSA) is 50.2 Å². The fourth-order valence-corrected chi connectivity index (χ4v) is 2.31. The van der Waals surface area contributed by atoms with Crippen molar-refractivity contribution < 1.29 is 9.90 Å². The van der Waals surface area contributed by atoms with Crippen LogP contribution in [0.1, 0.15) is 43.8 Å². The SMILES string of the molecule is O=C1CCCCC[C@@H]1[C@@H](O)c1ccncc1. The van der Waals surface area contributed by atoms with E-state index in [-0.39, 0.29) is 11.7 Å². The van der Waals surface area contributed by atoms with Gasteiger partial charge in [-0.25, -0.2) is 0 Å². The number of hydrogen-bond acceptors (Lipinski definition) is 3. The second kappa shape index (κ2) is 5.21. The maximum absolute atomic E-state index is 11.9. The summed E-state index contributed by atoms with van der Waals surface area (Å²) in [5, 5.41) is 10.2. The number of aliphatic hydroxyl groups is 1. The average molecular weight is 219 g/mol. The number of ketones is 1. The lowest BCUT2D eigenvalue weighted by atomic mass is 9.89. The first-order valence-electron chi connectivity index (χ1n) is 5.90. The number of rotatable bonds is 2. The summed E-state index contributed by atoms with van der Waals surface area (Å²) in [7, 11) is 0. The van der Waals surface area contributed by atoms with Gasteiger partial charge in [-0.3, -0.25) is 9.78 Å². The summed E-state index contributed by atoms with van der Waals surface area (Å²) in [4.78, 5) is 15.8. The highest BCUT2D eigenvalue weighted by molar-refractivity contribution is 5.81. The minimum atomic E-state index is -0.659. The van der Waals surface area contributed by atoms with Gasteiger partial charge in [-0.05, 0) is 30.5 Å². The highest BCUT2D eigenvalue weighted by Crippen LogP contribution is 2.30. The minimum Gasteiger partial charge on any atom is -0.388 e. The Morgan fingerprint density at radius 1 is 1.25 bits per heavy atom. The van der Waals surface area contributed by atoms with Crippen LogP contribution in [-0.4, -0.2) is 15.9 Å². The Bertz CT molecular complexity index is 350. The molecule has 2 atom stereocenters. The summed E-state index contributed by atoms with van der Waals surface area (Å²) in [5.41, 5.74) is 0.801. The minimum absolute atomic E-state index is 0.210. The van der Waals surface area contributed by atoms with Crippen molar-refractivity contribution in [3.05, 3.63) is 30.1 Å². The molecule has 1 heterocycles. The molecule has 0 aromatic carbocycles. The van der Waals surface area contributed by atoms with E-state index in [1.807, 2.05) is 0 Å². The van der Waals surface area contributed by atoms with E-state index in [2.05, 4.69) is 4.98 Å². The number of carbonyl (C=O) groups excluding carboxylic acids is 1. The van der Waals surface area contributed by atoms with Gasteiger partial charge in [-0.1, -0.05) is 12.8 Å². The van der Waals surface area contributed by atoms with E-state index in [4.69, 9.17) is 0 Å². The number of carbonyl (C=O) groups is 1. The van der Waals surface area contributed by atoms with E-state index in [0.717, 1.165) is 31.2 Å². The Morgan fingerprint density at radius 2 is 2.00 bits per heavy atom. The second-order valence-corrected chi connectivity index (χ2v) is 4.40. The monoisotopic (exact) mass is 219 g/mol. The first kappa shape index (κ1) is 11.3. The highest BCUT2D eigenvalue weighted by atomic mass is 16.3. The van der Waals surface area contributed by atoms with Crippen LogP contribution in [0.2, 0.25) is 0 Å². The number of pyridine rings is 1. The van der Waals surface area contributed by atoms with Gasteiger partial charge in [-0.2, -0.15) is 0 Å². The van der Waals surface area contributed by atoms with E-state index >= 15 is 0 Å². The van der Waals surface area contributed by atoms with Crippen LogP contribution >= 0.6 is 0 Å². The Balaban J connectivity index is 2.13. The molecule has 1 saturated carbocycles. The molecule has 1 N–H and O–H groups in total. The molecule has 1 aliphatic rings. The molecule has 1 aliphatic carbocycles. The van der Waals surface area contributed by atoms with Gasteiger partial charge in [0.1, 0.15) is 5.78 Å². The van der Waals surface area contributed by atoms with E-state index in [1.54, 1.807) is 24.5 Å². The van der Waals surface area contributed by atoms with Crippen LogP contribution in [0.3, 0.4) is 0 Å². The first-order valence-corrected chi connectivity index (χ1v) is 5.90. The maximum atomic E-state index is 11.9. The summed E-state index contributed by atoms with van der Waals surface area (Å²) in [5.74, 6) is -0.00767. The molecule has 0 radical (unpaired) electrons. The van der Waals surface area contributed by atoms with Gasteiger partial charge < -0.3 is 5.11 Å². The van der Waals surface area contributed by atoms with E-state index in [1.165, 1.54) is 0 Å². The van der Waals surface area contributed by atoms with Gasteiger partial charge in [0.25, 0.3) is 0 Å². The Morgan fingerprint density at radius 3 is 2.75 bits per heavy atom. The van der Waals surface area contributed by atoms with Crippen LogP contribution in [0.4, 0.5) is 0 Å². The van der Waals surface area contributed by atoms with E-state index in [0.29, 0.717) is 6.42 Å². The number of hydrogen-bond donors (Lipinski definition) is 1. The van der Waals surface area contributed by atoms with Crippen molar-refractivity contribution in [3.8, 4) is 0 Å². The Hall–Kier alpha value is -1.22. The van der Waals surface area contributed by atoms with Gasteiger partial charge in [0, 0.05) is 24.7 Å². The molecule has 1 fully saturated rings. The quantitative estimate of drug-likeness (QED) is 0.776. The molecule has 1 aromatic rings. The van der Waals surface area contributed by atoms with Crippen LogP contribution in [0, 0.1) is 5.92 Å². The fraction of sp³-hybridized carbons (Fsp3) is 0.538. The molecule has 0 bridgehead atoms. The molecular formula is C13H17NO2. The lowest BCUT2D eigenvalue weighted by Crippen LogP contribution is -2.21. The molecule has 0 amide bonds. The zero-order valence-electron chi connectivity index (χ0n) is 9.30. The lowest BCUT2D eigenvalue weighted by Gasteiger charge is -2.20. The lowest BCUT2D eigenvalue weighted by molar-refractivity contribution is -0.126. The molecule has 3 nitrogen and oxygen atoms in total. The zero-order valence-corrected chi connectivity index (χ0v) is 9.30. The summed E-state index contributed by atoms with van der Waals surface area (Å²) in [6.07, 6.45) is 7.19.